The molecule has 154 valence electrons. The van der Waals surface area contributed by atoms with E-state index in [0.29, 0.717) is 33.8 Å². The number of hydrogen-bond acceptors (Lipinski definition) is 5. The third kappa shape index (κ3) is 3.01. The molecule has 0 spiro atoms. The van der Waals surface area contributed by atoms with E-state index in [1.165, 1.54) is 12.1 Å². The lowest BCUT2D eigenvalue weighted by Gasteiger charge is -2.03. The SMILES string of the molecule is Cc1cc(F)cc(-c2nccc3[nH]c(-c4n[nH]c5ccc(-c6ccncc6)nc45)nc23)c1. The van der Waals surface area contributed by atoms with Gasteiger partial charge in [-0.25, -0.2) is 14.4 Å². The van der Waals surface area contributed by atoms with Gasteiger partial charge in [0.25, 0.3) is 0 Å². The molecular formula is C24H16FN7. The van der Waals surface area contributed by atoms with Crippen molar-refractivity contribution in [1.82, 2.24) is 35.1 Å². The Kier molecular flexibility index (Phi) is 4.04. The van der Waals surface area contributed by atoms with Crippen LogP contribution in [0.5, 0.6) is 0 Å². The third-order valence-electron chi connectivity index (χ3n) is 5.32. The second-order valence-electron chi connectivity index (χ2n) is 7.56. The van der Waals surface area contributed by atoms with Crippen molar-refractivity contribution >= 4 is 22.1 Å². The Morgan fingerprint density at radius 1 is 0.781 bits per heavy atom. The van der Waals surface area contributed by atoms with Gasteiger partial charge < -0.3 is 4.98 Å². The van der Waals surface area contributed by atoms with E-state index in [2.05, 4.69) is 25.1 Å². The monoisotopic (exact) mass is 421 g/mol. The highest BCUT2D eigenvalue weighted by molar-refractivity contribution is 5.95. The molecule has 0 unspecified atom stereocenters. The molecule has 0 radical (unpaired) electrons. The molecular weight excluding hydrogens is 405 g/mol. The number of nitrogens with one attached hydrogen (secondary N) is 2. The van der Waals surface area contributed by atoms with Gasteiger partial charge in [0.2, 0.25) is 0 Å². The molecule has 1 aromatic carbocycles. The van der Waals surface area contributed by atoms with Crippen LogP contribution in [0.4, 0.5) is 4.39 Å². The summed E-state index contributed by atoms with van der Waals surface area (Å²) >= 11 is 0. The number of aromatic nitrogens is 7. The molecule has 8 heteroatoms. The molecule has 0 atom stereocenters. The number of nitrogens with zero attached hydrogens (tertiary/aromatic N) is 5. The minimum Gasteiger partial charge on any atom is -0.336 e. The lowest BCUT2D eigenvalue weighted by atomic mass is 10.1. The predicted molar refractivity (Wildman–Crippen MR) is 120 cm³/mol. The van der Waals surface area contributed by atoms with Gasteiger partial charge in [0.1, 0.15) is 16.9 Å². The first kappa shape index (κ1) is 18.3. The maximum atomic E-state index is 14.0. The van der Waals surface area contributed by atoms with Crippen molar-refractivity contribution in [3.63, 3.8) is 0 Å². The molecule has 0 bridgehead atoms. The molecule has 7 nitrogen and oxygen atoms in total. The Morgan fingerprint density at radius 3 is 2.47 bits per heavy atom. The van der Waals surface area contributed by atoms with Crippen molar-refractivity contribution in [2.45, 2.75) is 6.92 Å². The van der Waals surface area contributed by atoms with Gasteiger partial charge in [-0.15, -0.1) is 0 Å². The Labute approximate surface area is 181 Å². The zero-order valence-electron chi connectivity index (χ0n) is 17.0. The number of halogens is 1. The summed E-state index contributed by atoms with van der Waals surface area (Å²) in [5, 5.41) is 7.47. The van der Waals surface area contributed by atoms with Crippen molar-refractivity contribution in [2.75, 3.05) is 0 Å². The Hall–Kier alpha value is -4.46. The van der Waals surface area contributed by atoms with Gasteiger partial charge in [0, 0.05) is 29.7 Å². The lowest BCUT2D eigenvalue weighted by Crippen LogP contribution is -1.89. The van der Waals surface area contributed by atoms with Gasteiger partial charge >= 0.3 is 0 Å². The second kappa shape index (κ2) is 7.05. The van der Waals surface area contributed by atoms with Crippen molar-refractivity contribution in [3.8, 4) is 34.0 Å². The van der Waals surface area contributed by atoms with Gasteiger partial charge in [-0.2, -0.15) is 5.10 Å². The Balaban J connectivity index is 1.52. The van der Waals surface area contributed by atoms with Crippen LogP contribution in [0, 0.1) is 12.7 Å². The zero-order chi connectivity index (χ0) is 21.7. The molecule has 0 saturated heterocycles. The summed E-state index contributed by atoms with van der Waals surface area (Å²) in [6.45, 7) is 1.85. The number of fused-ring (bicyclic) bond motifs is 2. The highest BCUT2D eigenvalue weighted by Crippen LogP contribution is 2.31. The van der Waals surface area contributed by atoms with E-state index in [9.17, 15) is 4.39 Å². The number of aryl methyl sites for hydroxylation is 1. The van der Waals surface area contributed by atoms with Crippen LogP contribution in [-0.2, 0) is 0 Å². The van der Waals surface area contributed by atoms with Crippen LogP contribution in [0.1, 0.15) is 5.56 Å². The highest BCUT2D eigenvalue weighted by Gasteiger charge is 2.17. The predicted octanol–water partition coefficient (Wildman–Crippen LogP) is 5.07. The second-order valence-corrected chi connectivity index (χ2v) is 7.56. The van der Waals surface area contributed by atoms with Crippen LogP contribution in [0.3, 0.4) is 0 Å². The number of benzene rings is 1. The summed E-state index contributed by atoms with van der Waals surface area (Å²) in [6.07, 6.45) is 5.15. The maximum Gasteiger partial charge on any atom is 0.161 e. The Morgan fingerprint density at radius 2 is 1.62 bits per heavy atom. The lowest BCUT2D eigenvalue weighted by molar-refractivity contribution is 0.627. The summed E-state index contributed by atoms with van der Waals surface area (Å²) in [7, 11) is 0. The van der Waals surface area contributed by atoms with Gasteiger partial charge in [0.05, 0.1) is 22.4 Å². The molecule has 2 N–H and O–H groups in total. The number of rotatable bonds is 3. The van der Waals surface area contributed by atoms with Crippen LogP contribution in [0.15, 0.2) is 67.1 Å². The molecule has 0 aliphatic heterocycles. The smallest absolute Gasteiger partial charge is 0.161 e. The fourth-order valence-electron chi connectivity index (χ4n) is 3.88. The zero-order valence-corrected chi connectivity index (χ0v) is 17.0. The number of H-pyrrole nitrogens is 2. The molecule has 0 aliphatic rings. The van der Waals surface area contributed by atoms with E-state index in [0.717, 1.165) is 27.9 Å². The van der Waals surface area contributed by atoms with Gasteiger partial charge in [-0.3, -0.25) is 15.1 Å². The van der Waals surface area contributed by atoms with E-state index in [-0.39, 0.29) is 5.82 Å². The minimum absolute atomic E-state index is 0.305. The largest absolute Gasteiger partial charge is 0.336 e. The number of imidazole rings is 1. The van der Waals surface area contributed by atoms with E-state index in [1.54, 1.807) is 18.6 Å². The maximum absolute atomic E-state index is 14.0. The molecule has 5 aromatic heterocycles. The molecule has 6 aromatic rings. The molecule has 5 heterocycles. The molecule has 0 aliphatic carbocycles. The van der Waals surface area contributed by atoms with Crippen LogP contribution in [-0.4, -0.2) is 35.1 Å². The van der Waals surface area contributed by atoms with Crippen molar-refractivity contribution in [2.24, 2.45) is 0 Å². The molecule has 32 heavy (non-hydrogen) atoms. The average Bonchev–Trinajstić information content (AvgIpc) is 3.42. The number of aromatic amines is 2. The van der Waals surface area contributed by atoms with E-state index in [4.69, 9.17) is 9.97 Å². The molecule has 6 rings (SSSR count). The first-order valence-corrected chi connectivity index (χ1v) is 10.0. The van der Waals surface area contributed by atoms with Gasteiger partial charge in [-0.1, -0.05) is 0 Å². The summed E-state index contributed by atoms with van der Waals surface area (Å²) in [5.41, 5.74) is 7.43. The standard InChI is InChI=1S/C24H16FN7/c1-13-10-15(12-16(25)11-13)20-21-18(6-9-27-20)29-24(30-21)23-22-19(31-32-23)3-2-17(28-22)14-4-7-26-8-5-14/h2-12H,1H3,(H,29,30)(H,31,32). The quantitative estimate of drug-likeness (QED) is 0.416. The summed E-state index contributed by atoms with van der Waals surface area (Å²) < 4.78 is 14.0. The first-order chi connectivity index (χ1) is 15.7. The number of hydrogen-bond donors (Lipinski definition) is 2. The van der Waals surface area contributed by atoms with Crippen LogP contribution >= 0.6 is 0 Å². The Bertz CT molecular complexity index is 1580. The van der Waals surface area contributed by atoms with E-state index >= 15 is 0 Å². The normalized spacial score (nSPS) is 11.4. The first-order valence-electron chi connectivity index (χ1n) is 10.0. The molecule has 0 saturated carbocycles. The number of pyridine rings is 3. The topological polar surface area (TPSA) is 96.0 Å². The highest BCUT2D eigenvalue weighted by atomic mass is 19.1. The van der Waals surface area contributed by atoms with E-state index in [1.807, 2.05) is 43.3 Å². The van der Waals surface area contributed by atoms with Gasteiger partial charge in [0.15, 0.2) is 11.5 Å². The fraction of sp³-hybridized carbons (Fsp3) is 0.0417. The minimum atomic E-state index is -0.305. The fourth-order valence-corrected chi connectivity index (χ4v) is 3.88. The van der Waals surface area contributed by atoms with Crippen LogP contribution in [0.2, 0.25) is 0 Å². The van der Waals surface area contributed by atoms with Crippen molar-refractivity contribution in [1.29, 1.82) is 0 Å². The average molecular weight is 421 g/mol. The molecule has 0 amide bonds. The van der Waals surface area contributed by atoms with Crippen LogP contribution in [0.25, 0.3) is 56.1 Å². The summed E-state index contributed by atoms with van der Waals surface area (Å²) in [5.74, 6) is 0.258. The van der Waals surface area contributed by atoms with Crippen LogP contribution < -0.4 is 0 Å². The summed E-state index contributed by atoms with van der Waals surface area (Å²) in [6, 6.07) is 14.4. The van der Waals surface area contributed by atoms with Crippen molar-refractivity contribution < 1.29 is 4.39 Å². The van der Waals surface area contributed by atoms with Crippen molar-refractivity contribution in [3.05, 3.63) is 78.5 Å². The van der Waals surface area contributed by atoms with Gasteiger partial charge in [-0.05, 0) is 61.0 Å². The van der Waals surface area contributed by atoms with E-state index < -0.39 is 0 Å². The molecule has 0 fully saturated rings. The summed E-state index contributed by atoms with van der Waals surface area (Å²) in [4.78, 5) is 21.4. The third-order valence-corrected chi connectivity index (χ3v) is 5.32.